The fraction of sp³-hybridized carbons (Fsp3) is 0.600. The number of rotatable bonds is 8. The van der Waals surface area contributed by atoms with Gasteiger partial charge >= 0.3 is 6.03 Å². The summed E-state index contributed by atoms with van der Waals surface area (Å²) in [5, 5.41) is 16.1. The number of halogens is 1. The van der Waals surface area contributed by atoms with Gasteiger partial charge in [-0.05, 0) is 88.4 Å². The summed E-state index contributed by atoms with van der Waals surface area (Å²) in [6, 6.07) is 8.87. The van der Waals surface area contributed by atoms with Crippen molar-refractivity contribution >= 4 is 27.6 Å². The second-order valence-electron chi connectivity index (χ2n) is 13.2. The standard InChI is InChI=1S/C35H51FN4O7S/c1-24-21-40(25(2)23-41)34(42)31-20-29(38-35(43)37-28-11-6-5-7-12-28)15-18-32(31)47-26(3)10-8-9-19-46-33(24)22-39(4)48(44,45)30-16-13-27(36)14-17-30/h13-18,20,24-26,28,33,41H,5-12,19,21-23H2,1-4H3,(H2,37,38,43)/t24-,25-,26+,33-/m1/s1. The zero-order valence-electron chi connectivity index (χ0n) is 28.5. The zero-order valence-corrected chi connectivity index (χ0v) is 29.3. The Hall–Kier alpha value is -3.26. The molecule has 3 amide bonds. The van der Waals surface area contributed by atoms with Crippen LogP contribution in [0, 0.1) is 11.7 Å². The lowest BCUT2D eigenvalue weighted by Crippen LogP contribution is -2.48. The Kier molecular flexibility index (Phi) is 13.6. The van der Waals surface area contributed by atoms with Gasteiger partial charge in [-0.2, -0.15) is 4.31 Å². The van der Waals surface area contributed by atoms with Crippen molar-refractivity contribution in [2.24, 2.45) is 5.92 Å². The van der Waals surface area contributed by atoms with Gasteiger partial charge in [0.1, 0.15) is 11.6 Å². The molecule has 0 aromatic heterocycles. The number of nitrogens with zero attached hydrogens (tertiary/aromatic N) is 2. The number of carbonyl (C=O) groups is 2. The number of aliphatic hydroxyl groups excluding tert-OH is 1. The van der Waals surface area contributed by atoms with E-state index in [2.05, 4.69) is 10.6 Å². The highest BCUT2D eigenvalue weighted by molar-refractivity contribution is 7.89. The van der Waals surface area contributed by atoms with Crippen LogP contribution in [0.2, 0.25) is 0 Å². The summed E-state index contributed by atoms with van der Waals surface area (Å²) < 4.78 is 53.9. The van der Waals surface area contributed by atoms with Gasteiger partial charge in [0.15, 0.2) is 0 Å². The number of hydrogen-bond donors (Lipinski definition) is 3. The molecule has 0 unspecified atom stereocenters. The molecule has 266 valence electrons. The van der Waals surface area contributed by atoms with Crippen LogP contribution < -0.4 is 15.4 Å². The first kappa shape index (κ1) is 37.6. The van der Waals surface area contributed by atoms with E-state index in [0.717, 1.165) is 44.2 Å². The van der Waals surface area contributed by atoms with Crippen LogP contribution in [-0.2, 0) is 14.8 Å². The number of urea groups is 1. The maximum Gasteiger partial charge on any atom is 0.319 e. The van der Waals surface area contributed by atoms with Crippen LogP contribution in [0.5, 0.6) is 5.75 Å². The maximum atomic E-state index is 14.3. The molecule has 0 saturated heterocycles. The summed E-state index contributed by atoms with van der Waals surface area (Å²) in [4.78, 5) is 28.7. The number of benzene rings is 2. The summed E-state index contributed by atoms with van der Waals surface area (Å²) in [6.45, 7) is 5.76. The van der Waals surface area contributed by atoms with Crippen molar-refractivity contribution < 1.29 is 37.0 Å². The fourth-order valence-electron chi connectivity index (χ4n) is 6.20. The molecule has 1 fully saturated rings. The van der Waals surface area contributed by atoms with Gasteiger partial charge in [-0.3, -0.25) is 4.79 Å². The van der Waals surface area contributed by atoms with Crippen molar-refractivity contribution in [3.63, 3.8) is 0 Å². The number of sulfonamides is 1. The van der Waals surface area contributed by atoms with E-state index in [0.29, 0.717) is 30.9 Å². The maximum absolute atomic E-state index is 14.3. The highest BCUT2D eigenvalue weighted by atomic mass is 32.2. The Morgan fingerprint density at radius 3 is 2.44 bits per heavy atom. The largest absolute Gasteiger partial charge is 0.490 e. The zero-order chi connectivity index (χ0) is 34.8. The predicted molar refractivity (Wildman–Crippen MR) is 182 cm³/mol. The van der Waals surface area contributed by atoms with Gasteiger partial charge in [0, 0.05) is 44.4 Å². The van der Waals surface area contributed by atoms with Crippen molar-refractivity contribution in [2.75, 3.05) is 38.7 Å². The number of aliphatic hydroxyl groups is 1. The lowest BCUT2D eigenvalue weighted by molar-refractivity contribution is -0.00834. The molecule has 1 aliphatic heterocycles. The third kappa shape index (κ3) is 10.1. The first-order chi connectivity index (χ1) is 22.9. The second kappa shape index (κ2) is 17.4. The molecule has 1 aliphatic carbocycles. The van der Waals surface area contributed by atoms with Crippen LogP contribution in [0.4, 0.5) is 14.9 Å². The summed E-state index contributed by atoms with van der Waals surface area (Å²) in [5.74, 6) is -0.912. The highest BCUT2D eigenvalue weighted by Crippen LogP contribution is 2.29. The van der Waals surface area contributed by atoms with E-state index in [1.54, 1.807) is 30.0 Å². The number of nitrogens with one attached hydrogen (secondary N) is 2. The van der Waals surface area contributed by atoms with E-state index in [9.17, 15) is 27.5 Å². The summed E-state index contributed by atoms with van der Waals surface area (Å²) in [6.07, 6.45) is 6.57. The number of ether oxygens (including phenoxy) is 2. The molecule has 1 saturated carbocycles. The van der Waals surface area contributed by atoms with E-state index >= 15 is 0 Å². The average Bonchev–Trinajstić information content (AvgIpc) is 3.06. The normalized spacial score (nSPS) is 22.7. The third-order valence-electron chi connectivity index (χ3n) is 9.21. The molecule has 4 atom stereocenters. The Balaban J connectivity index is 1.60. The molecule has 2 aliphatic rings. The number of carbonyl (C=O) groups excluding carboxylic acids is 2. The van der Waals surface area contributed by atoms with Crippen molar-refractivity contribution in [1.29, 1.82) is 0 Å². The molecule has 13 heteroatoms. The summed E-state index contributed by atoms with van der Waals surface area (Å²) in [5.41, 5.74) is 0.682. The Morgan fingerprint density at radius 1 is 1.06 bits per heavy atom. The van der Waals surface area contributed by atoms with Gasteiger partial charge in [0.05, 0.1) is 35.3 Å². The van der Waals surface area contributed by atoms with Gasteiger partial charge in [-0.25, -0.2) is 17.6 Å². The molecule has 2 aromatic rings. The van der Waals surface area contributed by atoms with Crippen LogP contribution in [0.1, 0.15) is 82.5 Å². The molecule has 4 rings (SSSR count). The van der Waals surface area contributed by atoms with Gasteiger partial charge in [0.25, 0.3) is 5.91 Å². The van der Waals surface area contributed by atoms with E-state index in [-0.39, 0.29) is 54.3 Å². The molecule has 0 bridgehead atoms. The summed E-state index contributed by atoms with van der Waals surface area (Å²) >= 11 is 0. The average molecular weight is 691 g/mol. The molecule has 1 heterocycles. The van der Waals surface area contributed by atoms with Crippen LogP contribution in [0.15, 0.2) is 47.4 Å². The first-order valence-electron chi connectivity index (χ1n) is 17.0. The van der Waals surface area contributed by atoms with Crippen molar-refractivity contribution in [3.05, 3.63) is 53.8 Å². The van der Waals surface area contributed by atoms with Gasteiger partial charge < -0.3 is 30.1 Å². The molecule has 3 N–H and O–H groups in total. The van der Waals surface area contributed by atoms with E-state index < -0.39 is 33.9 Å². The lowest BCUT2D eigenvalue weighted by atomic mass is 9.96. The van der Waals surface area contributed by atoms with Gasteiger partial charge in [-0.15, -0.1) is 0 Å². The van der Waals surface area contributed by atoms with Gasteiger partial charge in [-0.1, -0.05) is 26.2 Å². The monoisotopic (exact) mass is 690 g/mol. The molecule has 48 heavy (non-hydrogen) atoms. The highest BCUT2D eigenvalue weighted by Gasteiger charge is 2.32. The second-order valence-corrected chi connectivity index (χ2v) is 15.2. The van der Waals surface area contributed by atoms with Crippen LogP contribution in [-0.4, -0.2) is 92.3 Å². The van der Waals surface area contributed by atoms with Crippen LogP contribution >= 0.6 is 0 Å². The van der Waals surface area contributed by atoms with E-state index in [4.69, 9.17) is 9.47 Å². The number of hydrogen-bond acceptors (Lipinski definition) is 7. The number of fused-ring (bicyclic) bond motifs is 1. The van der Waals surface area contributed by atoms with E-state index in [1.165, 1.54) is 29.9 Å². The Bertz CT molecular complexity index is 1470. The van der Waals surface area contributed by atoms with Crippen molar-refractivity contribution in [3.8, 4) is 5.75 Å². The number of anilines is 1. The topological polar surface area (TPSA) is 138 Å². The SMILES string of the molecule is C[C@@H]1CN([C@H](C)CO)C(=O)c2cc(NC(=O)NC3CCCCC3)ccc2O[C@@H](C)CCCCO[C@@H]1CN(C)S(=O)(=O)c1ccc(F)cc1. The molecule has 0 radical (unpaired) electrons. The smallest absolute Gasteiger partial charge is 0.319 e. The van der Waals surface area contributed by atoms with Crippen molar-refractivity contribution in [2.45, 2.75) is 101 Å². The fourth-order valence-corrected chi connectivity index (χ4v) is 7.38. The predicted octanol–water partition coefficient (Wildman–Crippen LogP) is 5.40. The molecule has 11 nitrogen and oxygen atoms in total. The Labute approximate surface area is 284 Å². The third-order valence-corrected chi connectivity index (χ3v) is 11.0. The van der Waals surface area contributed by atoms with Crippen molar-refractivity contribution in [1.82, 2.24) is 14.5 Å². The number of likely N-dealkylation sites (N-methyl/N-ethyl adjacent to an activating group) is 1. The van der Waals surface area contributed by atoms with Crippen LogP contribution in [0.25, 0.3) is 0 Å². The molecule has 0 spiro atoms. The minimum atomic E-state index is -3.95. The van der Waals surface area contributed by atoms with Crippen LogP contribution in [0.3, 0.4) is 0 Å². The molecular formula is C35H51FN4O7S. The quantitative estimate of drug-likeness (QED) is 0.338. The summed E-state index contributed by atoms with van der Waals surface area (Å²) in [7, 11) is -2.49. The van der Waals surface area contributed by atoms with Gasteiger partial charge in [0.2, 0.25) is 10.0 Å². The Morgan fingerprint density at radius 2 is 1.75 bits per heavy atom. The first-order valence-corrected chi connectivity index (χ1v) is 18.5. The number of amides is 3. The molecule has 2 aromatic carbocycles. The minimum Gasteiger partial charge on any atom is -0.490 e. The lowest BCUT2D eigenvalue weighted by Gasteiger charge is -2.35. The minimum absolute atomic E-state index is 0.00329. The van der Waals surface area contributed by atoms with E-state index in [1.807, 2.05) is 13.8 Å². The molecular weight excluding hydrogens is 639 g/mol.